The predicted molar refractivity (Wildman–Crippen MR) is 77.5 cm³/mol. The monoisotopic (exact) mass is 290 g/mol. The van der Waals surface area contributed by atoms with Gasteiger partial charge in [-0.05, 0) is 38.8 Å². The minimum atomic E-state index is -0.677. The molecule has 0 radical (unpaired) electrons. The number of nitrogens with zero attached hydrogens (tertiary/aromatic N) is 1. The Morgan fingerprint density at radius 1 is 1.29 bits per heavy atom. The Morgan fingerprint density at radius 3 is 2.62 bits per heavy atom. The van der Waals surface area contributed by atoms with E-state index < -0.39 is 5.54 Å². The second kappa shape index (κ2) is 5.20. The number of rotatable bonds is 2. The van der Waals surface area contributed by atoms with Crippen molar-refractivity contribution in [1.82, 2.24) is 10.2 Å². The second-order valence-corrected chi connectivity index (χ2v) is 6.21. The van der Waals surface area contributed by atoms with Crippen LogP contribution in [0.1, 0.15) is 56.6 Å². The van der Waals surface area contributed by atoms with Gasteiger partial charge in [-0.25, -0.2) is 0 Å². The first-order valence-corrected chi connectivity index (χ1v) is 7.70. The van der Waals surface area contributed by atoms with Crippen LogP contribution in [0.25, 0.3) is 0 Å². The van der Waals surface area contributed by atoms with Crippen molar-refractivity contribution in [2.24, 2.45) is 0 Å². The fraction of sp³-hybridized carbons (Fsp3) is 0.625. The Labute approximate surface area is 124 Å². The van der Waals surface area contributed by atoms with Crippen molar-refractivity contribution < 1.29 is 14.0 Å². The third-order valence-electron chi connectivity index (χ3n) is 4.73. The molecular formula is C16H22N2O3. The zero-order valence-electron chi connectivity index (χ0n) is 12.6. The van der Waals surface area contributed by atoms with Crippen molar-refractivity contribution in [3.63, 3.8) is 0 Å². The zero-order valence-corrected chi connectivity index (χ0v) is 12.6. The highest BCUT2D eigenvalue weighted by molar-refractivity contribution is 5.94. The van der Waals surface area contributed by atoms with Crippen molar-refractivity contribution >= 4 is 11.8 Å². The highest BCUT2D eigenvalue weighted by Gasteiger charge is 2.47. The summed E-state index contributed by atoms with van der Waals surface area (Å²) in [6.07, 6.45) is 3.84. The standard InChI is InChI=1S/C16H22N2O3/c1-11-5-6-13(21-11)12(2)18-10-7-14(19)17-16(15(18)20)8-3-4-9-16/h5-6,12H,3-4,7-10H2,1-2H3,(H,17,19). The predicted octanol–water partition coefficient (Wildman–Crippen LogP) is 2.31. The zero-order chi connectivity index (χ0) is 15.0. The van der Waals surface area contributed by atoms with Gasteiger partial charge < -0.3 is 14.6 Å². The van der Waals surface area contributed by atoms with Crippen LogP contribution >= 0.6 is 0 Å². The van der Waals surface area contributed by atoms with E-state index in [9.17, 15) is 9.59 Å². The van der Waals surface area contributed by atoms with Crippen LogP contribution in [-0.4, -0.2) is 28.8 Å². The number of furan rings is 1. The van der Waals surface area contributed by atoms with Gasteiger partial charge in [-0.1, -0.05) is 12.8 Å². The Balaban J connectivity index is 1.90. The molecule has 5 heteroatoms. The first kappa shape index (κ1) is 14.2. The van der Waals surface area contributed by atoms with E-state index in [0.717, 1.165) is 37.2 Å². The molecule has 1 saturated carbocycles. The summed E-state index contributed by atoms with van der Waals surface area (Å²) in [6, 6.07) is 3.67. The molecule has 1 aromatic heterocycles. The lowest BCUT2D eigenvalue weighted by Crippen LogP contribution is -2.55. The van der Waals surface area contributed by atoms with Gasteiger partial charge in [0.15, 0.2) is 0 Å². The highest BCUT2D eigenvalue weighted by Crippen LogP contribution is 2.35. The number of amides is 2. The number of hydrogen-bond acceptors (Lipinski definition) is 3. The molecule has 114 valence electrons. The summed E-state index contributed by atoms with van der Waals surface area (Å²) in [5.74, 6) is 1.65. The third-order valence-corrected chi connectivity index (χ3v) is 4.73. The van der Waals surface area contributed by atoms with Crippen molar-refractivity contribution in [1.29, 1.82) is 0 Å². The summed E-state index contributed by atoms with van der Waals surface area (Å²) in [4.78, 5) is 26.8. The van der Waals surface area contributed by atoms with Crippen LogP contribution in [0, 0.1) is 6.92 Å². The summed E-state index contributed by atoms with van der Waals surface area (Å²) in [6.45, 7) is 4.31. The topological polar surface area (TPSA) is 62.6 Å². The lowest BCUT2D eigenvalue weighted by molar-refractivity contribution is -0.140. The fourth-order valence-electron chi connectivity index (χ4n) is 3.50. The van der Waals surface area contributed by atoms with Crippen LogP contribution in [0.15, 0.2) is 16.5 Å². The molecule has 1 aromatic rings. The highest BCUT2D eigenvalue weighted by atomic mass is 16.3. The smallest absolute Gasteiger partial charge is 0.248 e. The minimum Gasteiger partial charge on any atom is -0.464 e. The first-order chi connectivity index (χ1) is 10.0. The van der Waals surface area contributed by atoms with E-state index in [1.54, 1.807) is 0 Å². The van der Waals surface area contributed by atoms with Crippen LogP contribution in [-0.2, 0) is 9.59 Å². The van der Waals surface area contributed by atoms with Crippen LogP contribution in [0.5, 0.6) is 0 Å². The quantitative estimate of drug-likeness (QED) is 0.909. The van der Waals surface area contributed by atoms with Gasteiger partial charge in [0, 0.05) is 13.0 Å². The number of aryl methyl sites for hydroxylation is 1. The van der Waals surface area contributed by atoms with Gasteiger partial charge in [-0.3, -0.25) is 9.59 Å². The molecule has 0 aromatic carbocycles. The largest absolute Gasteiger partial charge is 0.464 e. The fourth-order valence-corrected chi connectivity index (χ4v) is 3.50. The summed E-state index contributed by atoms with van der Waals surface area (Å²) in [5, 5.41) is 2.98. The molecule has 1 unspecified atom stereocenters. The van der Waals surface area contributed by atoms with Gasteiger partial charge in [0.25, 0.3) is 0 Å². The summed E-state index contributed by atoms with van der Waals surface area (Å²) >= 11 is 0. The molecular weight excluding hydrogens is 268 g/mol. The van der Waals surface area contributed by atoms with E-state index in [2.05, 4.69) is 5.32 Å². The number of carbonyl (C=O) groups excluding carboxylic acids is 2. The maximum atomic E-state index is 13.0. The molecule has 1 saturated heterocycles. The minimum absolute atomic E-state index is 0.0180. The van der Waals surface area contributed by atoms with E-state index in [1.807, 2.05) is 30.9 Å². The lowest BCUT2D eigenvalue weighted by atomic mass is 9.95. The molecule has 3 rings (SSSR count). The molecule has 21 heavy (non-hydrogen) atoms. The van der Waals surface area contributed by atoms with Crippen molar-refractivity contribution in [3.05, 3.63) is 23.7 Å². The maximum absolute atomic E-state index is 13.0. The second-order valence-electron chi connectivity index (χ2n) is 6.21. The normalized spacial score (nSPS) is 23.2. The summed E-state index contributed by atoms with van der Waals surface area (Å²) < 4.78 is 5.67. The van der Waals surface area contributed by atoms with E-state index in [4.69, 9.17) is 4.42 Å². The third kappa shape index (κ3) is 2.45. The molecule has 1 atom stereocenters. The van der Waals surface area contributed by atoms with Crippen molar-refractivity contribution in [2.45, 2.75) is 57.5 Å². The number of hydrogen-bond donors (Lipinski definition) is 1. The van der Waals surface area contributed by atoms with Crippen molar-refractivity contribution in [2.75, 3.05) is 6.54 Å². The molecule has 2 amide bonds. The van der Waals surface area contributed by atoms with Crippen LogP contribution < -0.4 is 5.32 Å². The van der Waals surface area contributed by atoms with E-state index in [1.165, 1.54) is 0 Å². The van der Waals surface area contributed by atoms with Crippen molar-refractivity contribution in [3.8, 4) is 0 Å². The molecule has 2 fully saturated rings. The van der Waals surface area contributed by atoms with E-state index in [-0.39, 0.29) is 17.9 Å². The lowest BCUT2D eigenvalue weighted by Gasteiger charge is -2.34. The summed E-state index contributed by atoms with van der Waals surface area (Å²) in [7, 11) is 0. The van der Waals surface area contributed by atoms with Gasteiger partial charge >= 0.3 is 0 Å². The molecule has 2 aliphatic rings. The average Bonchev–Trinajstić information content (AvgIpc) is 3.05. The Bertz CT molecular complexity index is 558. The molecule has 0 bridgehead atoms. The molecule has 2 heterocycles. The number of carbonyl (C=O) groups is 2. The average molecular weight is 290 g/mol. The summed E-state index contributed by atoms with van der Waals surface area (Å²) in [5.41, 5.74) is -0.677. The molecule has 1 aliphatic carbocycles. The first-order valence-electron chi connectivity index (χ1n) is 7.70. The van der Waals surface area contributed by atoms with Gasteiger partial charge in [0.1, 0.15) is 17.1 Å². The maximum Gasteiger partial charge on any atom is 0.248 e. The molecule has 1 aliphatic heterocycles. The van der Waals surface area contributed by atoms with Gasteiger partial charge in [0.05, 0.1) is 6.04 Å². The van der Waals surface area contributed by atoms with Gasteiger partial charge in [-0.15, -0.1) is 0 Å². The Kier molecular flexibility index (Phi) is 3.51. The Morgan fingerprint density at radius 2 is 2.00 bits per heavy atom. The molecule has 1 spiro atoms. The van der Waals surface area contributed by atoms with Crippen LogP contribution in [0.2, 0.25) is 0 Å². The Hall–Kier alpha value is -1.78. The van der Waals surface area contributed by atoms with Gasteiger partial charge in [0.2, 0.25) is 11.8 Å². The number of nitrogens with one attached hydrogen (secondary N) is 1. The van der Waals surface area contributed by atoms with E-state index in [0.29, 0.717) is 13.0 Å². The SMILES string of the molecule is Cc1ccc(C(C)N2CCC(=O)NC3(CCCC3)C2=O)o1. The van der Waals surface area contributed by atoms with Crippen LogP contribution in [0.4, 0.5) is 0 Å². The molecule has 5 nitrogen and oxygen atoms in total. The van der Waals surface area contributed by atoms with Gasteiger partial charge in [-0.2, -0.15) is 0 Å². The van der Waals surface area contributed by atoms with E-state index >= 15 is 0 Å². The van der Waals surface area contributed by atoms with Crippen LogP contribution in [0.3, 0.4) is 0 Å². The molecule has 1 N–H and O–H groups in total.